The summed E-state index contributed by atoms with van der Waals surface area (Å²) in [6.07, 6.45) is 0.00241. The highest BCUT2D eigenvalue weighted by Crippen LogP contribution is 2.33. The Bertz CT molecular complexity index is 1000. The number of carbonyl (C=O) groups excluding carboxylic acids is 1. The number of nitrogens with one attached hydrogen (secondary N) is 2. The number of esters is 1. The fourth-order valence-electron chi connectivity index (χ4n) is 3.00. The molecule has 0 radical (unpaired) electrons. The predicted molar refractivity (Wildman–Crippen MR) is 112 cm³/mol. The normalized spacial score (nSPS) is 12.0. The fourth-order valence-corrected chi connectivity index (χ4v) is 3.00. The van der Waals surface area contributed by atoms with Gasteiger partial charge < -0.3 is 30.2 Å². The van der Waals surface area contributed by atoms with E-state index in [0.717, 1.165) is 5.52 Å². The van der Waals surface area contributed by atoms with Crippen molar-refractivity contribution in [1.82, 2.24) is 9.97 Å². The molecule has 8 heteroatoms. The molecule has 1 aromatic heterocycles. The molecule has 0 aliphatic rings. The molecule has 0 amide bonds. The second-order valence-electron chi connectivity index (χ2n) is 6.76. The molecule has 2 aromatic carbocycles. The highest BCUT2D eigenvalue weighted by atomic mass is 16.5. The van der Waals surface area contributed by atoms with Crippen LogP contribution in [0, 0.1) is 0 Å². The van der Waals surface area contributed by atoms with E-state index in [1.165, 1.54) is 7.11 Å². The summed E-state index contributed by atoms with van der Waals surface area (Å²) in [5, 5.41) is 3.21. The van der Waals surface area contributed by atoms with Crippen LogP contribution >= 0.6 is 0 Å². The first-order valence-electron chi connectivity index (χ1n) is 9.44. The number of rotatable bonds is 8. The van der Waals surface area contributed by atoms with Gasteiger partial charge in [-0.2, -0.15) is 0 Å². The van der Waals surface area contributed by atoms with Gasteiger partial charge in [0.15, 0.2) is 23.5 Å². The number of nitrogens with two attached hydrogens (primary N) is 1. The van der Waals surface area contributed by atoms with Crippen LogP contribution in [0.25, 0.3) is 11.0 Å². The van der Waals surface area contributed by atoms with E-state index in [4.69, 9.17) is 19.9 Å². The van der Waals surface area contributed by atoms with Gasteiger partial charge >= 0.3 is 5.97 Å². The third-order valence-corrected chi connectivity index (χ3v) is 4.21. The molecule has 1 unspecified atom stereocenters. The number of anilines is 2. The second-order valence-corrected chi connectivity index (χ2v) is 6.76. The van der Waals surface area contributed by atoms with E-state index in [-0.39, 0.29) is 6.10 Å². The summed E-state index contributed by atoms with van der Waals surface area (Å²) in [7, 11) is 1.36. The molecule has 1 atom stereocenters. The summed E-state index contributed by atoms with van der Waals surface area (Å²) in [4.78, 5) is 19.7. The lowest BCUT2D eigenvalue weighted by molar-refractivity contribution is -0.141. The number of H-pyrrole nitrogens is 1. The second kappa shape index (κ2) is 8.72. The van der Waals surface area contributed by atoms with Gasteiger partial charge in [-0.1, -0.05) is 6.07 Å². The summed E-state index contributed by atoms with van der Waals surface area (Å²) in [5.74, 6) is 1.11. The van der Waals surface area contributed by atoms with Gasteiger partial charge in [-0.25, -0.2) is 9.78 Å². The number of aromatic amines is 1. The Balaban J connectivity index is 1.94. The average molecular weight is 398 g/mol. The molecule has 0 bridgehead atoms. The first kappa shape index (κ1) is 20.3. The van der Waals surface area contributed by atoms with Crippen molar-refractivity contribution in [2.45, 2.75) is 32.9 Å². The van der Waals surface area contributed by atoms with E-state index in [0.29, 0.717) is 40.8 Å². The molecule has 154 valence electrons. The Hall–Kier alpha value is -3.42. The van der Waals surface area contributed by atoms with Crippen LogP contribution in [0.2, 0.25) is 0 Å². The largest absolute Gasteiger partial charge is 0.490 e. The molecule has 8 nitrogen and oxygen atoms in total. The SMILES string of the molecule is CCOc1cc(C(Nc2ccc3[nH]c(N)nc3c2)C(=O)OC)ccc1OC(C)C. The molecule has 0 fully saturated rings. The topological polar surface area (TPSA) is 111 Å². The number of methoxy groups -OCH3 is 1. The third-order valence-electron chi connectivity index (χ3n) is 4.21. The van der Waals surface area contributed by atoms with Crippen molar-refractivity contribution in [2.75, 3.05) is 24.8 Å². The Kier molecular flexibility index (Phi) is 6.11. The van der Waals surface area contributed by atoms with E-state index < -0.39 is 12.0 Å². The average Bonchev–Trinajstić information content (AvgIpc) is 3.06. The maximum Gasteiger partial charge on any atom is 0.332 e. The molecule has 0 saturated carbocycles. The molecule has 1 heterocycles. The van der Waals surface area contributed by atoms with Crippen molar-refractivity contribution < 1.29 is 19.0 Å². The van der Waals surface area contributed by atoms with Gasteiger partial charge in [-0.3, -0.25) is 0 Å². The molecule has 0 saturated heterocycles. The van der Waals surface area contributed by atoms with Crippen LogP contribution in [0.1, 0.15) is 32.4 Å². The van der Waals surface area contributed by atoms with Gasteiger partial charge in [-0.15, -0.1) is 0 Å². The van der Waals surface area contributed by atoms with Crippen LogP contribution < -0.4 is 20.5 Å². The van der Waals surface area contributed by atoms with Gasteiger partial charge in [0.2, 0.25) is 0 Å². The third kappa shape index (κ3) is 4.71. The number of nitrogens with zero attached hydrogens (tertiary/aromatic N) is 1. The van der Waals surface area contributed by atoms with Crippen LogP contribution in [0.4, 0.5) is 11.6 Å². The smallest absolute Gasteiger partial charge is 0.332 e. The molecular weight excluding hydrogens is 372 g/mol. The lowest BCUT2D eigenvalue weighted by atomic mass is 10.1. The van der Waals surface area contributed by atoms with Crippen molar-refractivity contribution in [2.24, 2.45) is 0 Å². The molecule has 0 spiro atoms. The zero-order valence-electron chi connectivity index (χ0n) is 17.0. The van der Waals surface area contributed by atoms with E-state index in [1.807, 2.05) is 45.0 Å². The minimum atomic E-state index is -0.735. The number of ether oxygens (including phenoxy) is 3. The van der Waals surface area contributed by atoms with Crippen LogP contribution in [-0.2, 0) is 9.53 Å². The lowest BCUT2D eigenvalue weighted by Crippen LogP contribution is -2.22. The van der Waals surface area contributed by atoms with Crippen molar-refractivity contribution in [1.29, 1.82) is 0 Å². The number of aromatic nitrogens is 2. The lowest BCUT2D eigenvalue weighted by Gasteiger charge is -2.21. The van der Waals surface area contributed by atoms with Crippen molar-refractivity contribution >= 4 is 28.6 Å². The predicted octanol–water partition coefficient (Wildman–Crippen LogP) is 3.66. The summed E-state index contributed by atoms with van der Waals surface area (Å²) >= 11 is 0. The molecule has 29 heavy (non-hydrogen) atoms. The van der Waals surface area contributed by atoms with E-state index in [2.05, 4.69) is 15.3 Å². The van der Waals surface area contributed by atoms with Crippen LogP contribution in [0.5, 0.6) is 11.5 Å². The number of carbonyl (C=O) groups is 1. The van der Waals surface area contributed by atoms with E-state index in [9.17, 15) is 4.79 Å². The number of hydrogen-bond acceptors (Lipinski definition) is 7. The zero-order valence-corrected chi connectivity index (χ0v) is 17.0. The van der Waals surface area contributed by atoms with Crippen LogP contribution in [0.3, 0.4) is 0 Å². The zero-order chi connectivity index (χ0) is 21.0. The number of imidazole rings is 1. The Morgan fingerprint density at radius 3 is 2.69 bits per heavy atom. The Morgan fingerprint density at radius 1 is 1.21 bits per heavy atom. The summed E-state index contributed by atoms with van der Waals surface area (Å²) in [5.41, 5.74) is 8.63. The molecule has 3 aromatic rings. The number of nitrogen functional groups attached to an aromatic ring is 1. The Morgan fingerprint density at radius 2 is 2.00 bits per heavy atom. The minimum Gasteiger partial charge on any atom is -0.490 e. The molecular formula is C21H26N4O4. The van der Waals surface area contributed by atoms with Crippen molar-refractivity contribution in [3.63, 3.8) is 0 Å². The van der Waals surface area contributed by atoms with Crippen LogP contribution in [-0.4, -0.2) is 35.8 Å². The summed E-state index contributed by atoms with van der Waals surface area (Å²) in [6.45, 7) is 6.26. The van der Waals surface area contributed by atoms with Gasteiger partial charge in [0.1, 0.15) is 0 Å². The van der Waals surface area contributed by atoms with Gasteiger partial charge in [0.05, 0.1) is 30.9 Å². The molecule has 4 N–H and O–H groups in total. The van der Waals surface area contributed by atoms with Gasteiger partial charge in [-0.05, 0) is 56.7 Å². The van der Waals surface area contributed by atoms with Crippen molar-refractivity contribution in [3.05, 3.63) is 42.0 Å². The molecule has 0 aliphatic heterocycles. The first-order chi connectivity index (χ1) is 13.9. The quantitative estimate of drug-likeness (QED) is 0.497. The van der Waals surface area contributed by atoms with E-state index in [1.54, 1.807) is 12.1 Å². The highest BCUT2D eigenvalue weighted by Gasteiger charge is 2.23. The molecule has 3 rings (SSSR count). The number of benzene rings is 2. The monoisotopic (exact) mass is 398 g/mol. The maximum absolute atomic E-state index is 12.5. The summed E-state index contributed by atoms with van der Waals surface area (Å²) in [6, 6.07) is 10.2. The standard InChI is InChI=1S/C21H26N4O4/c1-5-28-18-10-13(6-9-17(18)29-12(2)3)19(20(26)27-4)23-14-7-8-15-16(11-14)25-21(22)24-15/h6-12,19,23H,5H2,1-4H3,(H3,22,24,25). The number of fused-ring (bicyclic) bond motifs is 1. The number of hydrogen-bond donors (Lipinski definition) is 3. The van der Waals surface area contributed by atoms with E-state index >= 15 is 0 Å². The minimum absolute atomic E-state index is 0.00241. The molecule has 0 aliphatic carbocycles. The highest BCUT2D eigenvalue weighted by molar-refractivity contribution is 5.84. The fraction of sp³-hybridized carbons (Fsp3) is 0.333. The van der Waals surface area contributed by atoms with Crippen molar-refractivity contribution in [3.8, 4) is 11.5 Å². The first-order valence-corrected chi connectivity index (χ1v) is 9.44. The summed E-state index contributed by atoms with van der Waals surface area (Å²) < 4.78 is 16.5. The maximum atomic E-state index is 12.5. The van der Waals surface area contributed by atoms with Crippen LogP contribution in [0.15, 0.2) is 36.4 Å². The Labute approximate surface area is 169 Å². The van der Waals surface area contributed by atoms with Gasteiger partial charge in [0, 0.05) is 5.69 Å². The van der Waals surface area contributed by atoms with Gasteiger partial charge in [0.25, 0.3) is 0 Å².